The maximum Gasteiger partial charge on any atom is 0.137 e. The normalized spacial score (nSPS) is 10.8. The first-order chi connectivity index (χ1) is 6.42. The number of hydrogen-bond donors (Lipinski definition) is 2. The summed E-state index contributed by atoms with van der Waals surface area (Å²) in [5, 5.41) is 1.14. The summed E-state index contributed by atoms with van der Waals surface area (Å²) < 4.78 is 0. The lowest BCUT2D eigenvalue weighted by Gasteiger charge is -1.96. The van der Waals surface area contributed by atoms with Crippen LogP contribution in [0.5, 0.6) is 0 Å². The number of aromatic amines is 1. The van der Waals surface area contributed by atoms with Crippen molar-refractivity contribution in [1.82, 2.24) is 9.97 Å². The molecule has 0 atom stereocenters. The number of nitrogens with one attached hydrogen (secondary N) is 1. The summed E-state index contributed by atoms with van der Waals surface area (Å²) in [6.45, 7) is 0.530. The van der Waals surface area contributed by atoms with E-state index in [2.05, 4.69) is 14.8 Å². The molecule has 0 aliphatic heterocycles. The lowest BCUT2D eigenvalue weighted by atomic mass is 10.2. The van der Waals surface area contributed by atoms with Gasteiger partial charge in [-0.05, 0) is 24.1 Å². The Balaban J connectivity index is 2.35. The molecule has 4 nitrogen and oxygen atoms in total. The average Bonchev–Trinajstić information content (AvgIpc) is 2.58. The molecular weight excluding hydrogens is 166 g/mol. The predicted molar refractivity (Wildman–Crippen MR) is 49.9 cm³/mol. The van der Waals surface area contributed by atoms with Crippen molar-refractivity contribution in [3.63, 3.8) is 0 Å². The second kappa shape index (κ2) is 3.55. The first kappa shape index (κ1) is 8.22. The van der Waals surface area contributed by atoms with Gasteiger partial charge in [-0.25, -0.2) is 10.9 Å². The van der Waals surface area contributed by atoms with Gasteiger partial charge in [-0.1, -0.05) is 0 Å². The van der Waals surface area contributed by atoms with Crippen LogP contribution in [-0.4, -0.2) is 16.6 Å². The third-order valence-electron chi connectivity index (χ3n) is 2.03. The zero-order valence-corrected chi connectivity index (χ0v) is 7.16. The molecule has 2 rings (SSSR count). The number of nitrogens with zero attached hydrogens (tertiary/aromatic N) is 1. The molecule has 0 saturated carbocycles. The summed E-state index contributed by atoms with van der Waals surface area (Å²) in [7, 11) is 0. The van der Waals surface area contributed by atoms with E-state index in [-0.39, 0.29) is 0 Å². The van der Waals surface area contributed by atoms with E-state index in [4.69, 9.17) is 5.90 Å². The third kappa shape index (κ3) is 1.54. The molecule has 0 spiro atoms. The summed E-state index contributed by atoms with van der Waals surface area (Å²) in [5.41, 5.74) is 2.10. The van der Waals surface area contributed by atoms with Gasteiger partial charge in [0.1, 0.15) is 5.65 Å². The molecule has 0 aromatic carbocycles. The topological polar surface area (TPSA) is 63.9 Å². The predicted octanol–water partition coefficient (Wildman–Crippen LogP) is 0.996. The van der Waals surface area contributed by atoms with Gasteiger partial charge in [0.05, 0.1) is 6.61 Å². The Morgan fingerprint density at radius 2 is 2.46 bits per heavy atom. The van der Waals surface area contributed by atoms with E-state index in [1.54, 1.807) is 6.20 Å². The number of H-pyrrole nitrogens is 1. The Morgan fingerprint density at radius 1 is 1.54 bits per heavy atom. The van der Waals surface area contributed by atoms with E-state index in [1.807, 2.05) is 18.3 Å². The van der Waals surface area contributed by atoms with Crippen LogP contribution in [0.15, 0.2) is 24.5 Å². The maximum atomic E-state index is 4.96. The molecule has 2 heterocycles. The molecule has 0 saturated heterocycles. The van der Waals surface area contributed by atoms with Crippen molar-refractivity contribution in [2.75, 3.05) is 6.61 Å². The quantitative estimate of drug-likeness (QED) is 0.687. The van der Waals surface area contributed by atoms with Crippen molar-refractivity contribution in [1.29, 1.82) is 0 Å². The van der Waals surface area contributed by atoms with Gasteiger partial charge in [-0.15, -0.1) is 0 Å². The van der Waals surface area contributed by atoms with Crippen molar-refractivity contribution >= 4 is 11.0 Å². The second-order valence-corrected chi connectivity index (χ2v) is 2.83. The Morgan fingerprint density at radius 3 is 3.31 bits per heavy atom. The molecule has 68 valence electrons. The number of hydrogen-bond acceptors (Lipinski definition) is 3. The highest BCUT2D eigenvalue weighted by molar-refractivity contribution is 5.79. The standard InChI is InChI=1S/C9H11N3O/c10-13-5-3-7-6-12-9-8(7)2-1-4-11-9/h1-2,4,6H,3,5,10H2,(H,11,12). The molecule has 3 N–H and O–H groups in total. The first-order valence-corrected chi connectivity index (χ1v) is 4.14. The van der Waals surface area contributed by atoms with Crippen LogP contribution < -0.4 is 5.90 Å². The first-order valence-electron chi connectivity index (χ1n) is 4.14. The Bertz CT molecular complexity index is 396. The number of rotatable bonds is 3. The largest absolute Gasteiger partial charge is 0.346 e. The molecule has 0 amide bonds. The van der Waals surface area contributed by atoms with Crippen LogP contribution in [-0.2, 0) is 11.3 Å². The highest BCUT2D eigenvalue weighted by Gasteiger charge is 2.02. The van der Waals surface area contributed by atoms with E-state index >= 15 is 0 Å². The van der Waals surface area contributed by atoms with Gasteiger partial charge < -0.3 is 9.82 Å². The molecule has 2 aromatic heterocycles. The third-order valence-corrected chi connectivity index (χ3v) is 2.03. The Labute approximate surface area is 75.7 Å². The lowest BCUT2D eigenvalue weighted by molar-refractivity contribution is 0.141. The van der Waals surface area contributed by atoms with Crippen molar-refractivity contribution in [3.05, 3.63) is 30.1 Å². The monoisotopic (exact) mass is 177 g/mol. The summed E-state index contributed by atoms with van der Waals surface area (Å²) in [6, 6.07) is 3.95. The molecule has 0 unspecified atom stereocenters. The smallest absolute Gasteiger partial charge is 0.137 e. The van der Waals surface area contributed by atoms with Crippen molar-refractivity contribution in [2.45, 2.75) is 6.42 Å². The zero-order chi connectivity index (χ0) is 9.10. The summed E-state index contributed by atoms with van der Waals surface area (Å²) in [6.07, 6.45) is 4.51. The minimum absolute atomic E-state index is 0.530. The SMILES string of the molecule is NOCCc1c[nH]c2ncccc12. The van der Waals surface area contributed by atoms with Crippen LogP contribution in [0.3, 0.4) is 0 Å². The van der Waals surface area contributed by atoms with Gasteiger partial charge in [0.2, 0.25) is 0 Å². The van der Waals surface area contributed by atoms with E-state index in [1.165, 1.54) is 5.56 Å². The van der Waals surface area contributed by atoms with Gasteiger partial charge in [-0.2, -0.15) is 0 Å². The van der Waals surface area contributed by atoms with Crippen molar-refractivity contribution in [3.8, 4) is 0 Å². The molecule has 0 fully saturated rings. The van der Waals surface area contributed by atoms with E-state index in [0.29, 0.717) is 6.61 Å². The fourth-order valence-corrected chi connectivity index (χ4v) is 1.39. The van der Waals surface area contributed by atoms with Gasteiger partial charge in [-0.3, -0.25) is 0 Å². The number of fused-ring (bicyclic) bond motifs is 1. The summed E-state index contributed by atoms with van der Waals surface area (Å²) in [5.74, 6) is 4.96. The average molecular weight is 177 g/mol. The molecule has 4 heteroatoms. The van der Waals surface area contributed by atoms with Gasteiger partial charge in [0.15, 0.2) is 0 Å². The molecule has 0 aliphatic carbocycles. The van der Waals surface area contributed by atoms with Crippen LogP contribution in [0, 0.1) is 0 Å². The molecule has 0 aliphatic rings. The van der Waals surface area contributed by atoms with Crippen LogP contribution in [0.4, 0.5) is 0 Å². The van der Waals surface area contributed by atoms with E-state index < -0.39 is 0 Å². The Hall–Kier alpha value is -1.39. The van der Waals surface area contributed by atoms with Gasteiger partial charge in [0, 0.05) is 17.8 Å². The minimum atomic E-state index is 0.530. The summed E-state index contributed by atoms with van der Waals surface area (Å²) in [4.78, 5) is 11.8. The van der Waals surface area contributed by atoms with Gasteiger partial charge >= 0.3 is 0 Å². The molecule has 0 radical (unpaired) electrons. The fourth-order valence-electron chi connectivity index (χ4n) is 1.39. The Kier molecular flexibility index (Phi) is 2.25. The van der Waals surface area contributed by atoms with Crippen LogP contribution in [0.1, 0.15) is 5.56 Å². The molecular formula is C9H11N3O. The molecule has 0 bridgehead atoms. The number of aromatic nitrogens is 2. The maximum absolute atomic E-state index is 4.96. The summed E-state index contributed by atoms with van der Waals surface area (Å²) >= 11 is 0. The van der Waals surface area contributed by atoms with E-state index in [0.717, 1.165) is 17.5 Å². The lowest BCUT2D eigenvalue weighted by Crippen LogP contribution is -2.03. The van der Waals surface area contributed by atoms with Crippen molar-refractivity contribution in [2.24, 2.45) is 5.90 Å². The zero-order valence-electron chi connectivity index (χ0n) is 7.16. The second-order valence-electron chi connectivity index (χ2n) is 2.83. The number of pyridine rings is 1. The van der Waals surface area contributed by atoms with Crippen LogP contribution in [0.2, 0.25) is 0 Å². The van der Waals surface area contributed by atoms with Crippen LogP contribution >= 0.6 is 0 Å². The van der Waals surface area contributed by atoms with E-state index in [9.17, 15) is 0 Å². The van der Waals surface area contributed by atoms with Crippen molar-refractivity contribution < 1.29 is 4.84 Å². The fraction of sp³-hybridized carbons (Fsp3) is 0.222. The van der Waals surface area contributed by atoms with Gasteiger partial charge in [0.25, 0.3) is 0 Å². The highest BCUT2D eigenvalue weighted by Crippen LogP contribution is 2.15. The minimum Gasteiger partial charge on any atom is -0.346 e. The molecule has 13 heavy (non-hydrogen) atoms. The number of nitrogens with two attached hydrogens (primary N) is 1. The molecule has 2 aromatic rings. The van der Waals surface area contributed by atoms with Crippen LogP contribution in [0.25, 0.3) is 11.0 Å². The highest BCUT2D eigenvalue weighted by atomic mass is 16.6.